The molecule has 15 heavy (non-hydrogen) atoms. The van der Waals surface area contributed by atoms with E-state index in [1.807, 2.05) is 6.92 Å². The Bertz CT molecular complexity index is 479. The van der Waals surface area contributed by atoms with Gasteiger partial charge in [-0.1, -0.05) is 5.16 Å². The van der Waals surface area contributed by atoms with Gasteiger partial charge in [-0.2, -0.15) is 4.98 Å². The SMILES string of the molecule is COc1cc(-c2nc(C)no2)ncc1C. The van der Waals surface area contributed by atoms with Gasteiger partial charge in [0.15, 0.2) is 5.82 Å². The maximum Gasteiger partial charge on any atom is 0.276 e. The Hall–Kier alpha value is -1.91. The largest absolute Gasteiger partial charge is 0.496 e. The van der Waals surface area contributed by atoms with Gasteiger partial charge in [0, 0.05) is 17.8 Å². The molecular formula is C10H11N3O2. The van der Waals surface area contributed by atoms with E-state index in [0.29, 0.717) is 17.4 Å². The predicted molar refractivity (Wildman–Crippen MR) is 53.6 cm³/mol. The summed E-state index contributed by atoms with van der Waals surface area (Å²) in [6.45, 7) is 3.69. The van der Waals surface area contributed by atoms with E-state index < -0.39 is 0 Å². The van der Waals surface area contributed by atoms with Crippen molar-refractivity contribution in [3.8, 4) is 17.3 Å². The van der Waals surface area contributed by atoms with Gasteiger partial charge in [0.2, 0.25) is 0 Å². The quantitative estimate of drug-likeness (QED) is 0.747. The summed E-state index contributed by atoms with van der Waals surface area (Å²) in [6, 6.07) is 1.78. The molecule has 0 spiro atoms. The van der Waals surface area contributed by atoms with Crippen molar-refractivity contribution in [1.29, 1.82) is 0 Å². The maximum atomic E-state index is 5.18. The Morgan fingerprint density at radius 3 is 2.73 bits per heavy atom. The van der Waals surface area contributed by atoms with Crippen LogP contribution in [-0.2, 0) is 0 Å². The minimum atomic E-state index is 0.408. The Labute approximate surface area is 87.1 Å². The Kier molecular flexibility index (Phi) is 2.37. The molecule has 0 bridgehead atoms. The first kappa shape index (κ1) is 9.64. The fraction of sp³-hybridized carbons (Fsp3) is 0.300. The highest BCUT2D eigenvalue weighted by Gasteiger charge is 2.10. The van der Waals surface area contributed by atoms with E-state index in [9.17, 15) is 0 Å². The third kappa shape index (κ3) is 1.81. The number of ether oxygens (including phenoxy) is 1. The van der Waals surface area contributed by atoms with E-state index >= 15 is 0 Å². The van der Waals surface area contributed by atoms with Gasteiger partial charge in [0.1, 0.15) is 11.4 Å². The van der Waals surface area contributed by atoms with Gasteiger partial charge in [0.25, 0.3) is 5.89 Å². The molecular weight excluding hydrogens is 194 g/mol. The van der Waals surface area contributed by atoms with Crippen LogP contribution in [0.1, 0.15) is 11.4 Å². The van der Waals surface area contributed by atoms with Crippen LogP contribution in [0.15, 0.2) is 16.8 Å². The lowest BCUT2D eigenvalue weighted by atomic mass is 10.2. The number of hydrogen-bond donors (Lipinski definition) is 0. The molecule has 5 nitrogen and oxygen atoms in total. The molecule has 0 amide bonds. The molecule has 5 heteroatoms. The topological polar surface area (TPSA) is 61.0 Å². The number of rotatable bonds is 2. The van der Waals surface area contributed by atoms with Crippen molar-refractivity contribution >= 4 is 0 Å². The molecule has 0 aliphatic rings. The number of nitrogens with zero attached hydrogens (tertiary/aromatic N) is 3. The molecule has 0 aliphatic carbocycles. The predicted octanol–water partition coefficient (Wildman–Crippen LogP) is 1.76. The van der Waals surface area contributed by atoms with E-state index in [0.717, 1.165) is 11.3 Å². The van der Waals surface area contributed by atoms with Crippen LogP contribution in [0.5, 0.6) is 5.75 Å². The highest BCUT2D eigenvalue weighted by Crippen LogP contribution is 2.22. The summed E-state index contributed by atoms with van der Waals surface area (Å²) in [6.07, 6.45) is 1.72. The molecule has 78 valence electrons. The molecule has 0 aliphatic heterocycles. The maximum absolute atomic E-state index is 5.18. The zero-order valence-electron chi connectivity index (χ0n) is 8.81. The standard InChI is InChI=1S/C10H11N3O2/c1-6-5-11-8(4-9(6)14-3)10-12-7(2)13-15-10/h4-5H,1-3H3. The molecule has 0 unspecified atom stereocenters. The summed E-state index contributed by atoms with van der Waals surface area (Å²) >= 11 is 0. The van der Waals surface area contributed by atoms with Gasteiger partial charge < -0.3 is 9.26 Å². The second-order valence-electron chi connectivity index (χ2n) is 3.19. The number of hydrogen-bond acceptors (Lipinski definition) is 5. The molecule has 2 aromatic heterocycles. The van der Waals surface area contributed by atoms with E-state index in [1.54, 1.807) is 26.3 Å². The van der Waals surface area contributed by atoms with Crippen LogP contribution in [0.25, 0.3) is 11.6 Å². The van der Waals surface area contributed by atoms with Crippen LogP contribution in [0.4, 0.5) is 0 Å². The highest BCUT2D eigenvalue weighted by molar-refractivity contribution is 5.51. The van der Waals surface area contributed by atoms with Gasteiger partial charge in [0.05, 0.1) is 7.11 Å². The molecule has 2 aromatic rings. The zero-order valence-corrected chi connectivity index (χ0v) is 8.81. The van der Waals surface area contributed by atoms with E-state index in [2.05, 4.69) is 15.1 Å². The summed E-state index contributed by atoms with van der Waals surface area (Å²) in [5, 5.41) is 3.70. The minimum absolute atomic E-state index is 0.408. The summed E-state index contributed by atoms with van der Waals surface area (Å²) in [5.41, 5.74) is 1.59. The van der Waals surface area contributed by atoms with E-state index in [1.165, 1.54) is 0 Å². The molecule has 2 heterocycles. The smallest absolute Gasteiger partial charge is 0.276 e. The summed E-state index contributed by atoms with van der Waals surface area (Å²) in [7, 11) is 1.62. The Balaban J connectivity index is 2.45. The minimum Gasteiger partial charge on any atom is -0.496 e. The lowest BCUT2D eigenvalue weighted by Crippen LogP contribution is -1.91. The molecule has 0 radical (unpaired) electrons. The van der Waals surface area contributed by atoms with Crippen molar-refractivity contribution in [3.63, 3.8) is 0 Å². The van der Waals surface area contributed by atoms with Crippen molar-refractivity contribution in [2.75, 3.05) is 7.11 Å². The van der Waals surface area contributed by atoms with Gasteiger partial charge in [-0.25, -0.2) is 0 Å². The van der Waals surface area contributed by atoms with Crippen LogP contribution < -0.4 is 4.74 Å². The third-order valence-corrected chi connectivity index (χ3v) is 2.02. The van der Waals surface area contributed by atoms with Crippen molar-refractivity contribution in [3.05, 3.63) is 23.7 Å². The lowest BCUT2D eigenvalue weighted by molar-refractivity contribution is 0.408. The summed E-state index contributed by atoms with van der Waals surface area (Å²) in [4.78, 5) is 8.28. The summed E-state index contributed by atoms with van der Waals surface area (Å²) < 4.78 is 10.2. The second-order valence-corrected chi connectivity index (χ2v) is 3.19. The van der Waals surface area contributed by atoms with Gasteiger partial charge in [-0.05, 0) is 13.8 Å². The molecule has 0 saturated carbocycles. The van der Waals surface area contributed by atoms with E-state index in [4.69, 9.17) is 9.26 Å². The zero-order chi connectivity index (χ0) is 10.8. The number of pyridine rings is 1. The fourth-order valence-electron chi connectivity index (χ4n) is 1.24. The molecule has 0 saturated heterocycles. The Morgan fingerprint density at radius 1 is 1.33 bits per heavy atom. The van der Waals surface area contributed by atoms with Gasteiger partial charge in [-0.15, -0.1) is 0 Å². The van der Waals surface area contributed by atoms with Gasteiger partial charge in [-0.3, -0.25) is 4.98 Å². The molecule has 0 atom stereocenters. The second kappa shape index (κ2) is 3.68. The Morgan fingerprint density at radius 2 is 2.13 bits per heavy atom. The molecule has 0 N–H and O–H groups in total. The average Bonchev–Trinajstić information content (AvgIpc) is 2.66. The normalized spacial score (nSPS) is 10.3. The van der Waals surface area contributed by atoms with Crippen LogP contribution in [0.2, 0.25) is 0 Å². The molecule has 0 aromatic carbocycles. The summed E-state index contributed by atoms with van der Waals surface area (Å²) in [5.74, 6) is 1.76. The first-order chi connectivity index (χ1) is 7.20. The first-order valence-electron chi connectivity index (χ1n) is 4.52. The number of aromatic nitrogens is 3. The monoisotopic (exact) mass is 205 g/mol. The van der Waals surface area contributed by atoms with Crippen LogP contribution in [-0.4, -0.2) is 22.2 Å². The average molecular weight is 205 g/mol. The third-order valence-electron chi connectivity index (χ3n) is 2.02. The fourth-order valence-corrected chi connectivity index (χ4v) is 1.24. The van der Waals surface area contributed by atoms with Crippen molar-refractivity contribution in [2.24, 2.45) is 0 Å². The van der Waals surface area contributed by atoms with E-state index in [-0.39, 0.29) is 0 Å². The first-order valence-corrected chi connectivity index (χ1v) is 4.52. The lowest BCUT2D eigenvalue weighted by Gasteiger charge is -2.03. The van der Waals surface area contributed by atoms with Crippen molar-refractivity contribution in [2.45, 2.75) is 13.8 Å². The van der Waals surface area contributed by atoms with Gasteiger partial charge >= 0.3 is 0 Å². The van der Waals surface area contributed by atoms with Crippen LogP contribution in [0, 0.1) is 13.8 Å². The molecule has 2 rings (SSSR count). The van der Waals surface area contributed by atoms with Crippen molar-refractivity contribution in [1.82, 2.24) is 15.1 Å². The van der Waals surface area contributed by atoms with Crippen LogP contribution >= 0.6 is 0 Å². The van der Waals surface area contributed by atoms with Crippen molar-refractivity contribution < 1.29 is 9.26 Å². The highest BCUT2D eigenvalue weighted by atomic mass is 16.5. The number of aryl methyl sites for hydroxylation is 2. The molecule has 0 fully saturated rings. The van der Waals surface area contributed by atoms with Crippen LogP contribution in [0.3, 0.4) is 0 Å². The number of methoxy groups -OCH3 is 1.